The van der Waals surface area contributed by atoms with E-state index in [4.69, 9.17) is 9.47 Å². The van der Waals surface area contributed by atoms with Crippen molar-refractivity contribution in [2.45, 2.75) is 37.3 Å². The molecule has 0 heterocycles. The van der Waals surface area contributed by atoms with Crippen molar-refractivity contribution in [1.82, 2.24) is 0 Å². The van der Waals surface area contributed by atoms with E-state index in [0.717, 1.165) is 19.8 Å². The van der Waals surface area contributed by atoms with Crippen LogP contribution in [0.3, 0.4) is 0 Å². The van der Waals surface area contributed by atoms with E-state index in [2.05, 4.69) is 0 Å². The number of carbonyl (C=O) groups excluding carboxylic acids is 2. The van der Waals surface area contributed by atoms with Crippen LogP contribution in [0.15, 0.2) is 54.6 Å². The lowest BCUT2D eigenvalue weighted by molar-refractivity contribution is -0.538. The van der Waals surface area contributed by atoms with Gasteiger partial charge in [-0.2, -0.15) is 0 Å². The number of aryl methyl sites for hydroxylation is 1. The minimum absolute atomic E-state index is 0.177. The van der Waals surface area contributed by atoms with Crippen LogP contribution in [-0.2, 0) is 19.1 Å². The molecule has 1 N–H and O–H groups in total. The maximum atomic E-state index is 13.1. The summed E-state index contributed by atoms with van der Waals surface area (Å²) in [6.07, 6.45) is -1.73. The molecule has 0 saturated heterocycles. The maximum absolute atomic E-state index is 13.1. The van der Waals surface area contributed by atoms with Gasteiger partial charge in [-0.25, -0.2) is 0 Å². The Bertz CT molecular complexity index is 959. The van der Waals surface area contributed by atoms with E-state index >= 15 is 0 Å². The monoisotopic (exact) mass is 427 g/mol. The number of ether oxygens (including phenoxy) is 2. The highest BCUT2D eigenvalue weighted by atomic mass is 16.6. The van der Waals surface area contributed by atoms with E-state index in [0.29, 0.717) is 11.1 Å². The first-order valence-electron chi connectivity index (χ1n) is 9.89. The minimum atomic E-state index is -2.28. The number of carbonyl (C=O) groups is 2. The predicted octanol–water partition coefficient (Wildman–Crippen LogP) is 2.60. The van der Waals surface area contributed by atoms with Crippen molar-refractivity contribution >= 4 is 11.9 Å². The standard InChI is InChI=1S/C23H25NO7/c1-14-9-7-8-12-16(14)17-13-18(25)23(21(26)30-2,22(27)31-3)19(20(17)24(28)29)15-10-5-4-6-11-15/h4-12,17-20,25H,13H2,1-3H3/t17-,18+,19-,20+/m0/s1. The molecule has 0 aromatic heterocycles. The highest BCUT2D eigenvalue weighted by molar-refractivity contribution is 6.02. The first kappa shape index (κ1) is 22.4. The van der Waals surface area contributed by atoms with Crippen LogP contribution in [0.1, 0.15) is 34.9 Å². The Morgan fingerprint density at radius 1 is 1.03 bits per heavy atom. The van der Waals surface area contributed by atoms with Crippen LogP contribution in [0.5, 0.6) is 0 Å². The number of methoxy groups -OCH3 is 2. The maximum Gasteiger partial charge on any atom is 0.326 e. The first-order chi connectivity index (χ1) is 14.8. The number of hydrogen-bond donors (Lipinski definition) is 1. The lowest BCUT2D eigenvalue weighted by Gasteiger charge is -2.46. The highest BCUT2D eigenvalue weighted by Crippen LogP contribution is 2.54. The van der Waals surface area contributed by atoms with Gasteiger partial charge in [0, 0.05) is 4.92 Å². The number of aliphatic hydroxyl groups is 1. The number of nitrogens with zero attached hydrogens (tertiary/aromatic N) is 1. The Morgan fingerprint density at radius 3 is 2.10 bits per heavy atom. The SMILES string of the molecule is COC(=O)C1(C(=O)OC)[C@H](O)C[C@@H](c2ccccc2C)[C@@H]([N+](=O)[O-])[C@@H]1c1ccccc1. The van der Waals surface area contributed by atoms with E-state index in [1.807, 2.05) is 19.1 Å². The molecule has 2 aromatic rings. The number of benzene rings is 2. The number of nitro groups is 1. The molecule has 0 bridgehead atoms. The fraction of sp³-hybridized carbons (Fsp3) is 0.391. The molecular weight excluding hydrogens is 402 g/mol. The van der Waals surface area contributed by atoms with Crippen molar-refractivity contribution in [3.05, 3.63) is 81.4 Å². The molecule has 8 nitrogen and oxygen atoms in total. The van der Waals surface area contributed by atoms with Crippen molar-refractivity contribution in [3.8, 4) is 0 Å². The van der Waals surface area contributed by atoms with Crippen LogP contribution >= 0.6 is 0 Å². The molecule has 164 valence electrons. The third-order valence-electron chi connectivity index (χ3n) is 6.28. The van der Waals surface area contributed by atoms with E-state index in [-0.39, 0.29) is 6.42 Å². The van der Waals surface area contributed by atoms with Gasteiger partial charge in [-0.3, -0.25) is 19.7 Å². The molecule has 31 heavy (non-hydrogen) atoms. The molecular formula is C23H25NO7. The Morgan fingerprint density at radius 2 is 1.58 bits per heavy atom. The molecule has 0 aliphatic heterocycles. The highest BCUT2D eigenvalue weighted by Gasteiger charge is 2.69. The fourth-order valence-electron chi connectivity index (χ4n) is 4.92. The van der Waals surface area contributed by atoms with Gasteiger partial charge >= 0.3 is 11.9 Å². The van der Waals surface area contributed by atoms with Crippen LogP contribution in [0.4, 0.5) is 0 Å². The quantitative estimate of drug-likeness (QED) is 0.337. The molecule has 0 amide bonds. The summed E-state index contributed by atoms with van der Waals surface area (Å²) in [5, 5.41) is 23.7. The largest absolute Gasteiger partial charge is 0.468 e. The average molecular weight is 427 g/mol. The smallest absolute Gasteiger partial charge is 0.326 e. The zero-order valence-electron chi connectivity index (χ0n) is 17.6. The molecule has 3 rings (SSSR count). The lowest BCUT2D eigenvalue weighted by atomic mass is 9.56. The summed E-state index contributed by atoms with van der Waals surface area (Å²) < 4.78 is 9.82. The second kappa shape index (κ2) is 8.85. The van der Waals surface area contributed by atoms with Crippen molar-refractivity contribution in [1.29, 1.82) is 0 Å². The first-order valence-corrected chi connectivity index (χ1v) is 9.89. The van der Waals surface area contributed by atoms with Crippen molar-refractivity contribution in [2.24, 2.45) is 5.41 Å². The summed E-state index contributed by atoms with van der Waals surface area (Å²) in [5.41, 5.74) is -0.395. The molecule has 1 fully saturated rings. The van der Waals surface area contributed by atoms with Gasteiger partial charge in [0.2, 0.25) is 11.5 Å². The number of aliphatic hydroxyl groups excluding tert-OH is 1. The van der Waals surface area contributed by atoms with E-state index < -0.39 is 46.3 Å². The molecule has 1 saturated carbocycles. The van der Waals surface area contributed by atoms with Crippen LogP contribution < -0.4 is 0 Å². The molecule has 1 aliphatic rings. The van der Waals surface area contributed by atoms with E-state index in [1.54, 1.807) is 42.5 Å². The topological polar surface area (TPSA) is 116 Å². The van der Waals surface area contributed by atoms with Crippen LogP contribution in [0, 0.1) is 22.5 Å². The summed E-state index contributed by atoms with van der Waals surface area (Å²) in [7, 11) is 2.16. The van der Waals surface area contributed by atoms with Crippen molar-refractivity contribution in [2.75, 3.05) is 14.2 Å². The molecule has 0 unspecified atom stereocenters. The Balaban J connectivity index is 2.34. The second-order valence-corrected chi connectivity index (χ2v) is 7.73. The number of esters is 2. The van der Waals surface area contributed by atoms with Crippen LogP contribution in [-0.4, -0.2) is 48.3 Å². The number of rotatable bonds is 5. The molecule has 1 aliphatic carbocycles. The lowest BCUT2D eigenvalue weighted by Crippen LogP contribution is -2.62. The van der Waals surface area contributed by atoms with Gasteiger partial charge < -0.3 is 14.6 Å². The van der Waals surface area contributed by atoms with Gasteiger partial charge in [-0.05, 0) is 30.0 Å². The minimum Gasteiger partial charge on any atom is -0.468 e. The fourth-order valence-corrected chi connectivity index (χ4v) is 4.92. The summed E-state index contributed by atoms with van der Waals surface area (Å²) in [6.45, 7) is 1.83. The molecule has 8 heteroatoms. The third-order valence-corrected chi connectivity index (χ3v) is 6.28. The van der Waals surface area contributed by atoms with Crippen LogP contribution in [0.2, 0.25) is 0 Å². The average Bonchev–Trinajstić information content (AvgIpc) is 2.78. The van der Waals surface area contributed by atoms with E-state index in [9.17, 15) is 24.8 Å². The summed E-state index contributed by atoms with van der Waals surface area (Å²) in [6, 6.07) is 14.1. The molecule has 2 aromatic carbocycles. The summed E-state index contributed by atoms with van der Waals surface area (Å²) in [4.78, 5) is 38.1. The zero-order chi connectivity index (χ0) is 22.8. The van der Waals surface area contributed by atoms with Gasteiger partial charge in [0.1, 0.15) is 0 Å². The Hall–Kier alpha value is -3.26. The van der Waals surface area contributed by atoms with E-state index in [1.165, 1.54) is 0 Å². The molecule has 0 spiro atoms. The summed E-state index contributed by atoms with van der Waals surface area (Å²) in [5.74, 6) is -4.16. The third kappa shape index (κ3) is 3.57. The molecule has 0 radical (unpaired) electrons. The van der Waals surface area contributed by atoms with Gasteiger partial charge in [-0.15, -0.1) is 0 Å². The number of hydrogen-bond acceptors (Lipinski definition) is 7. The Labute approximate surface area is 179 Å². The van der Waals surface area contributed by atoms with Gasteiger partial charge in [0.05, 0.1) is 32.2 Å². The molecule has 4 atom stereocenters. The zero-order valence-corrected chi connectivity index (χ0v) is 17.6. The van der Waals surface area contributed by atoms with Crippen LogP contribution in [0.25, 0.3) is 0 Å². The van der Waals surface area contributed by atoms with Crippen molar-refractivity contribution in [3.63, 3.8) is 0 Å². The van der Waals surface area contributed by atoms with Gasteiger partial charge in [0.25, 0.3) is 0 Å². The van der Waals surface area contributed by atoms with Gasteiger partial charge in [0.15, 0.2) is 0 Å². The van der Waals surface area contributed by atoms with Crippen molar-refractivity contribution < 1.29 is 29.1 Å². The van der Waals surface area contributed by atoms with Gasteiger partial charge in [-0.1, -0.05) is 54.6 Å². The normalized spacial score (nSPS) is 24.8. The second-order valence-electron chi connectivity index (χ2n) is 7.73. The predicted molar refractivity (Wildman–Crippen MR) is 111 cm³/mol. The Kier molecular flexibility index (Phi) is 6.40. The summed E-state index contributed by atoms with van der Waals surface area (Å²) >= 11 is 0.